The summed E-state index contributed by atoms with van der Waals surface area (Å²) in [6, 6.07) is 17.4. The van der Waals surface area contributed by atoms with E-state index in [1.807, 2.05) is 36.6 Å². The van der Waals surface area contributed by atoms with Crippen LogP contribution in [0.3, 0.4) is 0 Å². The van der Waals surface area contributed by atoms with Gasteiger partial charge in [-0.05, 0) is 77.7 Å². The van der Waals surface area contributed by atoms with Gasteiger partial charge in [0.1, 0.15) is 22.8 Å². The Morgan fingerprint density at radius 1 is 1.11 bits per heavy atom. The minimum absolute atomic E-state index is 0.0722. The van der Waals surface area contributed by atoms with Crippen LogP contribution in [-0.2, 0) is 5.41 Å². The zero-order valence-electron chi connectivity index (χ0n) is 19.2. The Labute approximate surface area is 224 Å². The number of aromatic nitrogens is 3. The van der Waals surface area contributed by atoms with Gasteiger partial charge in [0.05, 0.1) is 28.4 Å². The van der Waals surface area contributed by atoms with Crippen molar-refractivity contribution in [3.8, 4) is 29.0 Å². The average molecular weight is 612 g/mol. The van der Waals surface area contributed by atoms with Crippen molar-refractivity contribution >= 4 is 45.3 Å². The molecule has 0 saturated heterocycles. The van der Waals surface area contributed by atoms with Crippen molar-refractivity contribution in [2.24, 2.45) is 0 Å². The summed E-state index contributed by atoms with van der Waals surface area (Å²) in [6.07, 6.45) is 5.12. The van der Waals surface area contributed by atoms with Crippen LogP contribution < -0.4 is 4.74 Å². The van der Waals surface area contributed by atoms with Crippen molar-refractivity contribution in [3.63, 3.8) is 0 Å². The lowest BCUT2D eigenvalue weighted by atomic mass is 9.81. The number of nitrogens with one attached hydrogen (secondary N) is 2. The number of nitriles is 1. The molecule has 36 heavy (non-hydrogen) atoms. The molecule has 0 fully saturated rings. The third-order valence-electron chi connectivity index (χ3n) is 6.07. The van der Waals surface area contributed by atoms with Gasteiger partial charge in [0.2, 0.25) is 0 Å². The second-order valence-corrected chi connectivity index (χ2v) is 10.4. The molecule has 3 aromatic carbocycles. The van der Waals surface area contributed by atoms with E-state index in [9.17, 15) is 14.0 Å². The smallest absolute Gasteiger partial charge is 0.177 e. The number of H-pyrrole nitrogens is 2. The number of fused-ring (bicyclic) bond motifs is 1. The highest BCUT2D eigenvalue weighted by atomic mass is 127. The van der Waals surface area contributed by atoms with Gasteiger partial charge in [0.25, 0.3) is 0 Å². The number of rotatable bonds is 6. The standard InChI is InChI=1S/C27H19F2IN4OS/c1-27(14-31,15-4-3-5-16(30)10-15)23-13-33-26(34-23)19-11-17(6-7-20(19)28)35-24-21(29)12-22-18(8-9-32-22)25(24)36-2/h3-13,32H,1-2H3,(H,33,34). The molecule has 0 amide bonds. The molecule has 2 N–H and O–H groups in total. The summed E-state index contributed by atoms with van der Waals surface area (Å²) in [5.74, 6) is -0.477. The Kier molecular flexibility index (Phi) is 6.49. The molecule has 0 aliphatic carbocycles. The highest BCUT2D eigenvalue weighted by Gasteiger charge is 2.31. The largest absolute Gasteiger partial charge is 0.453 e. The van der Waals surface area contributed by atoms with Crippen molar-refractivity contribution in [1.82, 2.24) is 15.0 Å². The summed E-state index contributed by atoms with van der Waals surface area (Å²) in [5, 5.41) is 10.9. The zero-order valence-corrected chi connectivity index (χ0v) is 22.2. The Morgan fingerprint density at radius 2 is 1.94 bits per heavy atom. The minimum Gasteiger partial charge on any atom is -0.453 e. The van der Waals surface area contributed by atoms with Gasteiger partial charge in [-0.2, -0.15) is 5.26 Å². The Hall–Kier alpha value is -3.36. The molecule has 9 heteroatoms. The second kappa shape index (κ2) is 9.59. The van der Waals surface area contributed by atoms with Crippen molar-refractivity contribution < 1.29 is 13.5 Å². The number of nitrogens with zero attached hydrogens (tertiary/aromatic N) is 2. The van der Waals surface area contributed by atoms with Gasteiger partial charge < -0.3 is 14.7 Å². The molecule has 0 aliphatic heterocycles. The molecule has 0 aliphatic rings. The molecule has 0 radical (unpaired) electrons. The molecule has 0 saturated carbocycles. The molecular formula is C27H19F2IN4OS. The van der Waals surface area contributed by atoms with E-state index >= 15 is 0 Å². The molecule has 1 atom stereocenters. The first kappa shape index (κ1) is 24.3. The number of halogens is 3. The fourth-order valence-electron chi connectivity index (χ4n) is 4.08. The summed E-state index contributed by atoms with van der Waals surface area (Å²) in [5.41, 5.74) is 1.13. The number of benzene rings is 3. The van der Waals surface area contributed by atoms with Crippen molar-refractivity contribution in [2.45, 2.75) is 17.2 Å². The topological polar surface area (TPSA) is 77.5 Å². The van der Waals surface area contributed by atoms with E-state index < -0.39 is 17.0 Å². The number of imidazole rings is 1. The van der Waals surface area contributed by atoms with Crippen LogP contribution in [0.1, 0.15) is 18.2 Å². The van der Waals surface area contributed by atoms with Crippen LogP contribution in [0.5, 0.6) is 11.5 Å². The fourth-order valence-corrected chi connectivity index (χ4v) is 5.35. The highest BCUT2D eigenvalue weighted by molar-refractivity contribution is 14.1. The fraction of sp³-hybridized carbons (Fsp3) is 0.111. The van der Waals surface area contributed by atoms with Gasteiger partial charge in [-0.3, -0.25) is 0 Å². The van der Waals surface area contributed by atoms with Crippen LogP contribution in [0.4, 0.5) is 8.78 Å². The number of hydrogen-bond acceptors (Lipinski definition) is 4. The molecule has 180 valence electrons. The van der Waals surface area contributed by atoms with Gasteiger partial charge in [-0.15, -0.1) is 11.8 Å². The number of hydrogen-bond donors (Lipinski definition) is 2. The van der Waals surface area contributed by atoms with Gasteiger partial charge in [0.15, 0.2) is 11.6 Å². The molecule has 2 aromatic heterocycles. The van der Waals surface area contributed by atoms with Crippen LogP contribution in [0, 0.1) is 26.5 Å². The third kappa shape index (κ3) is 4.24. The quantitative estimate of drug-likeness (QED) is 0.152. The molecule has 0 spiro atoms. The molecular weight excluding hydrogens is 593 g/mol. The first-order valence-corrected chi connectivity index (χ1v) is 13.2. The van der Waals surface area contributed by atoms with Crippen LogP contribution >= 0.6 is 34.4 Å². The number of thioether (sulfide) groups is 1. The maximum Gasteiger partial charge on any atom is 0.177 e. The Morgan fingerprint density at radius 3 is 2.69 bits per heavy atom. The lowest BCUT2D eigenvalue weighted by molar-refractivity contribution is 0.432. The summed E-state index contributed by atoms with van der Waals surface area (Å²) < 4.78 is 36.7. The van der Waals surface area contributed by atoms with E-state index in [1.54, 1.807) is 13.1 Å². The van der Waals surface area contributed by atoms with Crippen LogP contribution in [0.25, 0.3) is 22.3 Å². The predicted octanol–water partition coefficient (Wildman–Crippen LogP) is 7.78. The van der Waals surface area contributed by atoms with Crippen molar-refractivity contribution in [2.75, 3.05) is 6.26 Å². The van der Waals surface area contributed by atoms with E-state index in [0.717, 1.165) is 14.5 Å². The molecule has 1 unspecified atom stereocenters. The normalized spacial score (nSPS) is 12.9. The molecule has 5 nitrogen and oxygen atoms in total. The SMILES string of the molecule is CSc1c(Oc2ccc(F)c(-c3ncc(C(C)(C#N)c4cccc(I)c4)[nH]3)c2)c(F)cc2[nH]ccc12. The first-order valence-electron chi connectivity index (χ1n) is 10.9. The predicted molar refractivity (Wildman–Crippen MR) is 145 cm³/mol. The van der Waals surface area contributed by atoms with Gasteiger partial charge >= 0.3 is 0 Å². The summed E-state index contributed by atoms with van der Waals surface area (Å²) in [4.78, 5) is 11.1. The molecule has 5 aromatic rings. The summed E-state index contributed by atoms with van der Waals surface area (Å²) >= 11 is 3.56. The van der Waals surface area contributed by atoms with Crippen LogP contribution in [0.2, 0.25) is 0 Å². The Bertz CT molecular complexity index is 1640. The summed E-state index contributed by atoms with van der Waals surface area (Å²) in [7, 11) is 0. The maximum atomic E-state index is 14.9. The van der Waals surface area contributed by atoms with E-state index in [-0.39, 0.29) is 22.9 Å². The van der Waals surface area contributed by atoms with Crippen molar-refractivity contribution in [3.05, 3.63) is 93.5 Å². The van der Waals surface area contributed by atoms with Crippen LogP contribution in [0.15, 0.2) is 71.9 Å². The number of ether oxygens (including phenoxy) is 1. The third-order valence-corrected chi connectivity index (χ3v) is 7.56. The average Bonchev–Trinajstić information content (AvgIpc) is 3.55. The van der Waals surface area contributed by atoms with Gasteiger partial charge in [-0.1, -0.05) is 12.1 Å². The van der Waals surface area contributed by atoms with E-state index in [1.165, 1.54) is 42.2 Å². The van der Waals surface area contributed by atoms with Crippen LogP contribution in [-0.4, -0.2) is 21.2 Å². The highest BCUT2D eigenvalue weighted by Crippen LogP contribution is 2.41. The first-order chi connectivity index (χ1) is 17.3. The maximum absolute atomic E-state index is 14.9. The minimum atomic E-state index is -1.01. The lowest BCUT2D eigenvalue weighted by Gasteiger charge is -2.20. The van der Waals surface area contributed by atoms with E-state index in [2.05, 4.69) is 43.6 Å². The van der Waals surface area contributed by atoms with Crippen molar-refractivity contribution in [1.29, 1.82) is 5.26 Å². The summed E-state index contributed by atoms with van der Waals surface area (Å²) in [6.45, 7) is 1.79. The second-order valence-electron chi connectivity index (χ2n) is 8.30. The molecule has 2 heterocycles. The molecule has 5 rings (SSSR count). The molecule has 0 bridgehead atoms. The Balaban J connectivity index is 1.53. The number of aromatic amines is 2. The van der Waals surface area contributed by atoms with E-state index in [0.29, 0.717) is 16.1 Å². The lowest BCUT2D eigenvalue weighted by Crippen LogP contribution is -2.22. The zero-order chi connectivity index (χ0) is 25.4. The monoisotopic (exact) mass is 612 g/mol. The van der Waals surface area contributed by atoms with E-state index in [4.69, 9.17) is 4.74 Å². The van der Waals surface area contributed by atoms with Gasteiger partial charge in [-0.25, -0.2) is 13.8 Å². The van der Waals surface area contributed by atoms with Gasteiger partial charge in [0, 0.05) is 26.7 Å².